The molecule has 13 heteroatoms. The number of hydrogen-bond acceptors (Lipinski definition) is 11. The number of aromatic nitrogens is 4. The highest BCUT2D eigenvalue weighted by Gasteiger charge is 2.19. The predicted octanol–water partition coefficient (Wildman–Crippen LogP) is 3.04. The number of rotatable bonds is 10. The van der Waals surface area contributed by atoms with Gasteiger partial charge in [-0.3, -0.25) is 4.79 Å². The van der Waals surface area contributed by atoms with Gasteiger partial charge in [-0.25, -0.2) is 19.9 Å². The molecule has 12 nitrogen and oxygen atoms in total. The third kappa shape index (κ3) is 5.56. The number of benzene rings is 1. The van der Waals surface area contributed by atoms with Crippen LogP contribution in [0.3, 0.4) is 0 Å². The number of para-hydroxylation sites is 1. The standard InChI is InChI=1S/C21H23FN10O2/c1-4-25-11-17(30-23)29-16-8-15(18(32-31-16)21(33)24-2)28-14-7-5-6-13(19(14)34-3)20-26-9-12(22)10-27-20/h5-11,23,25H,4H2,1-3H3,(H,24,33)(H2,28,29,31)/b17-11-,30-23?. The maximum Gasteiger partial charge on any atom is 0.273 e. The van der Waals surface area contributed by atoms with Gasteiger partial charge in [0.1, 0.15) is 0 Å². The maximum atomic E-state index is 13.3. The van der Waals surface area contributed by atoms with Crippen LogP contribution < -0.4 is 26.0 Å². The highest BCUT2D eigenvalue weighted by molar-refractivity contribution is 5.98. The monoisotopic (exact) mass is 466 g/mol. The Kier molecular flexibility index (Phi) is 7.94. The van der Waals surface area contributed by atoms with Crippen molar-refractivity contribution in [2.24, 2.45) is 5.11 Å². The summed E-state index contributed by atoms with van der Waals surface area (Å²) in [6.45, 7) is 2.54. The molecule has 5 N–H and O–H groups in total. The van der Waals surface area contributed by atoms with Gasteiger partial charge in [-0.05, 0) is 19.1 Å². The van der Waals surface area contributed by atoms with Crippen molar-refractivity contribution >= 4 is 23.1 Å². The minimum Gasteiger partial charge on any atom is -0.494 e. The second-order valence-electron chi connectivity index (χ2n) is 6.63. The molecular formula is C21H23FN10O2. The Morgan fingerprint density at radius 3 is 2.65 bits per heavy atom. The number of hydrogen-bond donors (Lipinski definition) is 5. The number of nitrogens with zero attached hydrogens (tertiary/aromatic N) is 5. The zero-order valence-electron chi connectivity index (χ0n) is 18.7. The van der Waals surface area contributed by atoms with Gasteiger partial charge in [0, 0.05) is 25.9 Å². The van der Waals surface area contributed by atoms with Gasteiger partial charge < -0.3 is 26.0 Å². The molecule has 0 fully saturated rings. The largest absolute Gasteiger partial charge is 0.494 e. The molecule has 3 aromatic rings. The summed E-state index contributed by atoms with van der Waals surface area (Å²) in [7, 11) is 2.95. The topological polar surface area (TPSA) is 162 Å². The van der Waals surface area contributed by atoms with E-state index in [2.05, 4.69) is 46.5 Å². The van der Waals surface area contributed by atoms with Crippen LogP contribution in [0.25, 0.3) is 11.4 Å². The molecule has 34 heavy (non-hydrogen) atoms. The Bertz CT molecular complexity index is 1200. The number of nitrogens with one attached hydrogen (secondary N) is 5. The van der Waals surface area contributed by atoms with Crippen LogP contribution in [0, 0.1) is 11.3 Å². The van der Waals surface area contributed by atoms with E-state index in [0.717, 1.165) is 12.4 Å². The van der Waals surface area contributed by atoms with Gasteiger partial charge in [0.05, 0.1) is 36.4 Å². The first kappa shape index (κ1) is 24.0. The van der Waals surface area contributed by atoms with Crippen molar-refractivity contribution in [3.8, 4) is 17.1 Å². The van der Waals surface area contributed by atoms with Crippen LogP contribution in [0.1, 0.15) is 17.4 Å². The van der Waals surface area contributed by atoms with Gasteiger partial charge in [0.2, 0.25) is 0 Å². The number of anilines is 3. The summed E-state index contributed by atoms with van der Waals surface area (Å²) in [5.74, 6) is 0.0513. The molecule has 0 bridgehead atoms. The van der Waals surface area contributed by atoms with Crippen LogP contribution >= 0.6 is 0 Å². The second kappa shape index (κ2) is 11.3. The number of methoxy groups -OCH3 is 1. The number of carbonyl (C=O) groups is 1. The third-order valence-electron chi connectivity index (χ3n) is 4.41. The molecule has 0 unspecified atom stereocenters. The summed E-state index contributed by atoms with van der Waals surface area (Å²) >= 11 is 0. The van der Waals surface area contributed by atoms with Crippen LogP contribution in [0.2, 0.25) is 0 Å². The van der Waals surface area contributed by atoms with E-state index in [1.54, 1.807) is 24.3 Å². The molecule has 0 spiro atoms. The van der Waals surface area contributed by atoms with E-state index < -0.39 is 11.7 Å². The van der Waals surface area contributed by atoms with Crippen LogP contribution in [-0.2, 0) is 0 Å². The average molecular weight is 466 g/mol. The first-order chi connectivity index (χ1) is 16.5. The van der Waals surface area contributed by atoms with Crippen molar-refractivity contribution in [3.05, 3.63) is 60.2 Å². The van der Waals surface area contributed by atoms with E-state index in [0.29, 0.717) is 29.2 Å². The molecule has 0 saturated heterocycles. The lowest BCUT2D eigenvalue weighted by Gasteiger charge is -2.16. The smallest absolute Gasteiger partial charge is 0.273 e. The summed E-state index contributed by atoms with van der Waals surface area (Å²) in [6, 6.07) is 6.73. The highest BCUT2D eigenvalue weighted by atomic mass is 19.1. The molecule has 1 aromatic carbocycles. The lowest BCUT2D eigenvalue weighted by Crippen LogP contribution is -2.21. The van der Waals surface area contributed by atoms with Gasteiger partial charge in [-0.2, -0.15) is 0 Å². The summed E-state index contributed by atoms with van der Waals surface area (Å²) in [5.41, 5.74) is 8.63. The molecule has 0 saturated carbocycles. The SMILES string of the molecule is CCN/C=C(\N=N)Nc1cc(Nc2cccc(-c3ncc(F)cn3)c2OC)c(C(=O)NC)nn1. The molecule has 0 atom stereocenters. The number of carbonyl (C=O) groups excluding carboxylic acids is 1. The molecule has 1 amide bonds. The molecular weight excluding hydrogens is 443 g/mol. The zero-order chi connectivity index (χ0) is 24.5. The molecule has 0 aliphatic rings. The number of halogens is 1. The number of ether oxygens (including phenoxy) is 1. The fraction of sp³-hybridized carbons (Fsp3) is 0.190. The Hall–Kier alpha value is -4.68. The minimum atomic E-state index is -0.558. The fourth-order valence-electron chi connectivity index (χ4n) is 2.89. The first-order valence-electron chi connectivity index (χ1n) is 10.1. The first-order valence-corrected chi connectivity index (χ1v) is 10.1. The molecule has 2 heterocycles. The maximum absolute atomic E-state index is 13.3. The van der Waals surface area contributed by atoms with Crippen molar-refractivity contribution < 1.29 is 13.9 Å². The Balaban J connectivity index is 2.03. The Morgan fingerprint density at radius 2 is 2.00 bits per heavy atom. The third-order valence-corrected chi connectivity index (χ3v) is 4.41. The van der Waals surface area contributed by atoms with Gasteiger partial charge >= 0.3 is 0 Å². The van der Waals surface area contributed by atoms with Crippen LogP contribution in [0.5, 0.6) is 5.75 Å². The summed E-state index contributed by atoms with van der Waals surface area (Å²) < 4.78 is 18.8. The van der Waals surface area contributed by atoms with Crippen molar-refractivity contribution in [1.82, 2.24) is 30.8 Å². The van der Waals surface area contributed by atoms with E-state index in [1.165, 1.54) is 20.4 Å². The van der Waals surface area contributed by atoms with Crippen molar-refractivity contribution in [2.45, 2.75) is 6.92 Å². The molecule has 0 aliphatic carbocycles. The molecule has 3 rings (SSSR count). The van der Waals surface area contributed by atoms with Crippen molar-refractivity contribution in [1.29, 1.82) is 5.53 Å². The van der Waals surface area contributed by atoms with Gasteiger partial charge in [0.15, 0.2) is 34.7 Å². The van der Waals surface area contributed by atoms with E-state index in [4.69, 9.17) is 10.3 Å². The Labute approximate surface area is 194 Å². The van der Waals surface area contributed by atoms with Crippen LogP contribution in [0.15, 0.2) is 53.8 Å². The minimum absolute atomic E-state index is 0.0264. The molecule has 2 aromatic heterocycles. The van der Waals surface area contributed by atoms with Gasteiger partial charge in [-0.15, -0.1) is 15.3 Å². The quantitative estimate of drug-likeness (QED) is 0.283. The van der Waals surface area contributed by atoms with E-state index in [9.17, 15) is 9.18 Å². The van der Waals surface area contributed by atoms with Crippen molar-refractivity contribution in [2.75, 3.05) is 31.3 Å². The van der Waals surface area contributed by atoms with Crippen LogP contribution in [-0.4, -0.2) is 46.8 Å². The normalized spacial score (nSPS) is 10.9. The summed E-state index contributed by atoms with van der Waals surface area (Å²) in [6.07, 6.45) is 3.64. The average Bonchev–Trinajstić information content (AvgIpc) is 2.86. The lowest BCUT2D eigenvalue weighted by molar-refractivity contribution is 0.0958. The second-order valence-corrected chi connectivity index (χ2v) is 6.63. The molecule has 0 radical (unpaired) electrons. The zero-order valence-corrected chi connectivity index (χ0v) is 18.7. The Morgan fingerprint density at radius 1 is 1.24 bits per heavy atom. The van der Waals surface area contributed by atoms with E-state index in [1.807, 2.05) is 6.92 Å². The van der Waals surface area contributed by atoms with Crippen molar-refractivity contribution in [3.63, 3.8) is 0 Å². The van der Waals surface area contributed by atoms with Gasteiger partial charge in [0.25, 0.3) is 5.91 Å². The van der Waals surface area contributed by atoms with Gasteiger partial charge in [-0.1, -0.05) is 6.07 Å². The lowest BCUT2D eigenvalue weighted by atomic mass is 10.1. The molecule has 0 aliphatic heterocycles. The molecule has 176 valence electrons. The van der Waals surface area contributed by atoms with Crippen LogP contribution in [0.4, 0.5) is 21.6 Å². The summed E-state index contributed by atoms with van der Waals surface area (Å²) in [4.78, 5) is 20.4. The highest BCUT2D eigenvalue weighted by Crippen LogP contribution is 2.37. The fourth-order valence-corrected chi connectivity index (χ4v) is 2.89. The predicted molar refractivity (Wildman–Crippen MR) is 123 cm³/mol. The summed E-state index contributed by atoms with van der Waals surface area (Å²) in [5, 5.41) is 22.9. The van der Waals surface area contributed by atoms with E-state index >= 15 is 0 Å². The van der Waals surface area contributed by atoms with E-state index in [-0.39, 0.29) is 23.2 Å². The number of amides is 1.